The minimum atomic E-state index is 0.438. The van der Waals surface area contributed by atoms with Crippen molar-refractivity contribution in [3.63, 3.8) is 0 Å². The zero-order chi connectivity index (χ0) is 20.2. The molecule has 0 unspecified atom stereocenters. The molecule has 0 fully saturated rings. The number of aryl methyl sites for hydroxylation is 4. The second-order valence-corrected chi connectivity index (χ2v) is 10.8. The Labute approximate surface area is 182 Å². The van der Waals surface area contributed by atoms with Crippen molar-refractivity contribution in [1.29, 1.82) is 0 Å². The Balaban J connectivity index is 1.64. The molecule has 0 atom stereocenters. The van der Waals surface area contributed by atoms with Gasteiger partial charge in [0.15, 0.2) is 0 Å². The summed E-state index contributed by atoms with van der Waals surface area (Å²) in [5.74, 6) is 0. The van der Waals surface area contributed by atoms with Gasteiger partial charge in [0.2, 0.25) is 0 Å². The van der Waals surface area contributed by atoms with Crippen molar-refractivity contribution in [2.24, 2.45) is 7.05 Å². The molecule has 148 valence electrons. The molecule has 30 heavy (non-hydrogen) atoms. The standard InChI is InChI=1S/C27H24NOSe/c1-17-13-14-20-19-9-7-10-21(24-16-18-8-3-4-12-23(18)30-24)26(19)29-27(20)25(17)22-11-5-6-15-28(22)2/h5-7,9-11,13-16H,3-4,8,12H2,1-2H3/q+1. The Hall–Kier alpha value is -2.61. The molecule has 0 saturated carbocycles. The van der Waals surface area contributed by atoms with Crippen LogP contribution in [0, 0.1) is 6.92 Å². The fraction of sp³-hybridized carbons (Fsp3) is 0.222. The van der Waals surface area contributed by atoms with Crippen LogP contribution >= 0.6 is 0 Å². The molecule has 0 N–H and O–H groups in total. The maximum atomic E-state index is 6.71. The van der Waals surface area contributed by atoms with E-state index in [2.05, 4.69) is 79.3 Å². The maximum absolute atomic E-state index is 6.71. The van der Waals surface area contributed by atoms with Gasteiger partial charge < -0.3 is 0 Å². The van der Waals surface area contributed by atoms with Gasteiger partial charge in [-0.3, -0.25) is 0 Å². The molecule has 0 radical (unpaired) electrons. The van der Waals surface area contributed by atoms with Crippen LogP contribution in [-0.2, 0) is 19.9 Å². The number of hydrogen-bond donors (Lipinski definition) is 0. The number of hydrogen-bond acceptors (Lipinski definition) is 1. The molecule has 3 aromatic heterocycles. The number of para-hydroxylation sites is 1. The summed E-state index contributed by atoms with van der Waals surface area (Å²) in [5.41, 5.74) is 8.57. The van der Waals surface area contributed by atoms with E-state index in [9.17, 15) is 0 Å². The molecule has 0 bridgehead atoms. The fourth-order valence-electron chi connectivity index (χ4n) is 4.88. The van der Waals surface area contributed by atoms with Crippen LogP contribution in [0.5, 0.6) is 0 Å². The van der Waals surface area contributed by atoms with Crippen LogP contribution in [0.2, 0.25) is 0 Å². The van der Waals surface area contributed by atoms with Gasteiger partial charge in [-0.25, -0.2) is 0 Å². The average Bonchev–Trinajstić information content (AvgIpc) is 3.35. The summed E-state index contributed by atoms with van der Waals surface area (Å²) in [6.45, 7) is 2.18. The van der Waals surface area contributed by atoms with E-state index in [-0.39, 0.29) is 0 Å². The summed E-state index contributed by atoms with van der Waals surface area (Å²) >= 11 is 0.438. The van der Waals surface area contributed by atoms with E-state index >= 15 is 0 Å². The molecule has 0 spiro atoms. The quantitative estimate of drug-likeness (QED) is 0.235. The van der Waals surface area contributed by atoms with E-state index in [4.69, 9.17) is 4.42 Å². The van der Waals surface area contributed by atoms with Crippen LogP contribution in [0.1, 0.15) is 28.4 Å². The van der Waals surface area contributed by atoms with Crippen LogP contribution in [0.4, 0.5) is 0 Å². The van der Waals surface area contributed by atoms with E-state index in [0.717, 1.165) is 11.2 Å². The summed E-state index contributed by atoms with van der Waals surface area (Å²) in [6, 6.07) is 19.9. The molecule has 0 saturated heterocycles. The predicted octanol–water partition coefficient (Wildman–Crippen LogP) is 5.99. The van der Waals surface area contributed by atoms with Gasteiger partial charge in [-0.15, -0.1) is 0 Å². The second-order valence-electron chi connectivity index (χ2n) is 8.38. The van der Waals surface area contributed by atoms with Crippen molar-refractivity contribution in [2.75, 3.05) is 0 Å². The van der Waals surface area contributed by atoms with E-state index in [1.165, 1.54) is 63.3 Å². The molecule has 6 rings (SSSR count). The van der Waals surface area contributed by atoms with Crippen molar-refractivity contribution in [2.45, 2.75) is 32.6 Å². The van der Waals surface area contributed by atoms with Gasteiger partial charge in [0.1, 0.15) is 0 Å². The normalized spacial score (nSPS) is 13.8. The number of fused-ring (bicyclic) bond motifs is 4. The number of rotatable bonds is 2. The van der Waals surface area contributed by atoms with Crippen LogP contribution in [0.15, 0.2) is 65.2 Å². The number of aromatic nitrogens is 1. The van der Waals surface area contributed by atoms with Gasteiger partial charge in [-0.05, 0) is 0 Å². The molecule has 2 nitrogen and oxygen atoms in total. The van der Waals surface area contributed by atoms with E-state index < -0.39 is 0 Å². The topological polar surface area (TPSA) is 17.0 Å². The van der Waals surface area contributed by atoms with Gasteiger partial charge in [0.05, 0.1) is 0 Å². The van der Waals surface area contributed by atoms with Gasteiger partial charge in [-0.1, -0.05) is 0 Å². The Kier molecular flexibility index (Phi) is 4.23. The van der Waals surface area contributed by atoms with Crippen molar-refractivity contribution < 1.29 is 8.98 Å². The third kappa shape index (κ3) is 2.73. The van der Waals surface area contributed by atoms with Crippen LogP contribution in [0.3, 0.4) is 0 Å². The molecule has 0 amide bonds. The van der Waals surface area contributed by atoms with Crippen LogP contribution in [-0.4, -0.2) is 14.5 Å². The molecular weight excluding hydrogens is 433 g/mol. The Bertz CT molecular complexity index is 1400. The van der Waals surface area contributed by atoms with Gasteiger partial charge in [-0.2, -0.15) is 0 Å². The van der Waals surface area contributed by atoms with Gasteiger partial charge >= 0.3 is 183 Å². The van der Waals surface area contributed by atoms with Crippen molar-refractivity contribution in [3.05, 3.63) is 76.4 Å². The van der Waals surface area contributed by atoms with E-state index in [1.54, 1.807) is 10.0 Å². The summed E-state index contributed by atoms with van der Waals surface area (Å²) in [5, 5.41) is 2.43. The molecule has 3 heterocycles. The first-order valence-electron chi connectivity index (χ1n) is 10.7. The Morgan fingerprint density at radius 3 is 2.63 bits per heavy atom. The SMILES string of the molecule is Cc1ccc2c(oc3c(-c4cc5c([se]4)CCCC5)cccc32)c1-c1cccc[n+]1C. The third-order valence-corrected chi connectivity index (χ3v) is 9.11. The zero-order valence-electron chi connectivity index (χ0n) is 17.4. The Morgan fingerprint density at radius 2 is 1.77 bits per heavy atom. The summed E-state index contributed by atoms with van der Waals surface area (Å²) in [4.78, 5) is 0. The van der Waals surface area contributed by atoms with Crippen LogP contribution in [0.25, 0.3) is 43.2 Å². The molecule has 0 aliphatic heterocycles. The molecular formula is C27H24NOSe+. The minimum absolute atomic E-state index is 0.438. The van der Waals surface area contributed by atoms with Crippen LogP contribution < -0.4 is 4.57 Å². The number of benzene rings is 2. The molecule has 5 aromatic rings. The third-order valence-electron chi connectivity index (χ3n) is 6.45. The summed E-state index contributed by atoms with van der Waals surface area (Å²) in [6.07, 6.45) is 7.34. The van der Waals surface area contributed by atoms with Crippen molar-refractivity contribution >= 4 is 36.4 Å². The predicted molar refractivity (Wildman–Crippen MR) is 124 cm³/mol. The first-order chi connectivity index (χ1) is 14.7. The molecule has 3 heteroatoms. The first-order valence-corrected chi connectivity index (χ1v) is 12.4. The summed E-state index contributed by atoms with van der Waals surface area (Å²) < 4.78 is 12.1. The summed E-state index contributed by atoms with van der Waals surface area (Å²) in [7, 11) is 2.10. The molecule has 1 aliphatic carbocycles. The van der Waals surface area contributed by atoms with E-state index in [1.807, 2.05) is 0 Å². The first kappa shape index (κ1) is 18.2. The van der Waals surface area contributed by atoms with Gasteiger partial charge in [0.25, 0.3) is 0 Å². The monoisotopic (exact) mass is 458 g/mol. The average molecular weight is 457 g/mol. The number of furan rings is 1. The van der Waals surface area contributed by atoms with E-state index in [0.29, 0.717) is 14.5 Å². The van der Waals surface area contributed by atoms with Crippen molar-refractivity contribution in [1.82, 2.24) is 0 Å². The Morgan fingerprint density at radius 1 is 0.900 bits per heavy atom. The van der Waals surface area contributed by atoms with Gasteiger partial charge in [0, 0.05) is 0 Å². The number of nitrogens with zero attached hydrogens (tertiary/aromatic N) is 1. The number of pyridine rings is 1. The van der Waals surface area contributed by atoms with Crippen molar-refractivity contribution in [3.8, 4) is 21.3 Å². The molecule has 1 aliphatic rings. The zero-order valence-corrected chi connectivity index (χ0v) is 19.1. The molecule has 2 aromatic carbocycles. The second kappa shape index (κ2) is 6.97. The fourth-order valence-corrected chi connectivity index (χ4v) is 7.56.